The third-order valence-electron chi connectivity index (χ3n) is 2.52. The second kappa shape index (κ2) is 7.44. The average Bonchev–Trinajstić information content (AvgIpc) is 2.35. The third-order valence-corrected chi connectivity index (χ3v) is 2.52. The zero-order chi connectivity index (χ0) is 11.8. The molecule has 0 aliphatic heterocycles. The van der Waals surface area contributed by atoms with Crippen molar-refractivity contribution >= 4 is 12.6 Å². The van der Waals surface area contributed by atoms with E-state index in [0.717, 1.165) is 18.3 Å². The molecule has 0 fully saturated rings. The zero-order valence-corrected chi connectivity index (χ0v) is 9.93. The molecule has 0 amide bonds. The van der Waals surface area contributed by atoms with Crippen molar-refractivity contribution in [3.8, 4) is 0 Å². The van der Waals surface area contributed by atoms with Gasteiger partial charge in [0.2, 0.25) is 0 Å². The molecule has 16 heavy (non-hydrogen) atoms. The topological polar surface area (TPSA) is 38.7 Å². The molecule has 1 unspecified atom stereocenters. The first-order valence-corrected chi connectivity index (χ1v) is 5.61. The van der Waals surface area contributed by atoms with E-state index in [1.165, 1.54) is 0 Å². The quantitative estimate of drug-likeness (QED) is 0.556. The summed E-state index contributed by atoms with van der Waals surface area (Å²) in [6.07, 6.45) is 2.08. The number of methoxy groups -OCH3 is 1. The molecule has 1 aromatic rings. The van der Waals surface area contributed by atoms with E-state index in [0.29, 0.717) is 6.61 Å². The van der Waals surface area contributed by atoms with Crippen LogP contribution in [0.25, 0.3) is 0 Å². The molecule has 1 atom stereocenters. The lowest BCUT2D eigenvalue weighted by Crippen LogP contribution is -2.33. The number of ether oxygens (including phenoxy) is 1. The molecule has 0 saturated carbocycles. The lowest BCUT2D eigenvalue weighted by atomic mass is 9.80. The van der Waals surface area contributed by atoms with Crippen molar-refractivity contribution in [2.75, 3.05) is 13.7 Å². The molecule has 1 aromatic carbocycles. The van der Waals surface area contributed by atoms with E-state index in [1.54, 1.807) is 7.11 Å². The van der Waals surface area contributed by atoms with Gasteiger partial charge in [0, 0.05) is 13.7 Å². The maximum Gasteiger partial charge on any atom is 0.491 e. The summed E-state index contributed by atoms with van der Waals surface area (Å²) >= 11 is 0. The van der Waals surface area contributed by atoms with Gasteiger partial charge < -0.3 is 14.4 Å². The van der Waals surface area contributed by atoms with Gasteiger partial charge in [-0.3, -0.25) is 0 Å². The highest BCUT2D eigenvalue weighted by Gasteiger charge is 2.15. The predicted molar refractivity (Wildman–Crippen MR) is 65.7 cm³/mol. The summed E-state index contributed by atoms with van der Waals surface area (Å²) in [4.78, 5) is 0. The Balaban J connectivity index is 2.18. The van der Waals surface area contributed by atoms with Crippen molar-refractivity contribution in [3.05, 3.63) is 30.3 Å². The second-order valence-electron chi connectivity index (χ2n) is 3.82. The molecule has 88 valence electrons. The summed E-state index contributed by atoms with van der Waals surface area (Å²) in [5, 5.41) is 9.69. The molecule has 0 aliphatic carbocycles. The van der Waals surface area contributed by atoms with Gasteiger partial charge in [0.15, 0.2) is 0 Å². The van der Waals surface area contributed by atoms with Gasteiger partial charge in [-0.05, 0) is 25.2 Å². The normalized spacial score (nSPS) is 12.4. The highest BCUT2D eigenvalue weighted by molar-refractivity contribution is 6.59. The SMILES string of the molecule is COC(C)CCCOB(O)c1ccccc1. The molecule has 0 radical (unpaired) electrons. The second-order valence-corrected chi connectivity index (χ2v) is 3.82. The van der Waals surface area contributed by atoms with E-state index in [-0.39, 0.29) is 6.10 Å². The summed E-state index contributed by atoms with van der Waals surface area (Å²) in [7, 11) is 0.878. The minimum absolute atomic E-state index is 0.248. The Labute approximate surface area is 97.5 Å². The van der Waals surface area contributed by atoms with E-state index in [1.807, 2.05) is 37.3 Å². The number of benzene rings is 1. The molecular formula is C12H19BO3. The summed E-state index contributed by atoms with van der Waals surface area (Å²) in [5.74, 6) is 0. The van der Waals surface area contributed by atoms with Crippen LogP contribution in [0.3, 0.4) is 0 Å². The maximum absolute atomic E-state index is 9.69. The first-order valence-electron chi connectivity index (χ1n) is 5.61. The van der Waals surface area contributed by atoms with Crippen molar-refractivity contribution in [1.29, 1.82) is 0 Å². The van der Waals surface area contributed by atoms with Crippen LogP contribution in [0.2, 0.25) is 0 Å². The van der Waals surface area contributed by atoms with Gasteiger partial charge in [0.1, 0.15) is 0 Å². The summed E-state index contributed by atoms with van der Waals surface area (Å²) in [5.41, 5.74) is 0.794. The fourth-order valence-corrected chi connectivity index (χ4v) is 1.40. The number of hydrogen-bond donors (Lipinski definition) is 1. The summed E-state index contributed by atoms with van der Waals surface area (Å²) in [6, 6.07) is 9.38. The molecule has 1 rings (SSSR count). The largest absolute Gasteiger partial charge is 0.491 e. The van der Waals surface area contributed by atoms with Crippen molar-refractivity contribution in [1.82, 2.24) is 0 Å². The molecule has 1 N–H and O–H groups in total. The molecule has 0 heterocycles. The average molecular weight is 222 g/mol. The highest BCUT2D eigenvalue weighted by Crippen LogP contribution is 2.00. The Kier molecular flexibility index (Phi) is 6.15. The molecule has 0 saturated heterocycles. The van der Waals surface area contributed by atoms with Crippen LogP contribution in [-0.4, -0.2) is 32.0 Å². The van der Waals surface area contributed by atoms with Gasteiger partial charge in [-0.1, -0.05) is 30.3 Å². The standard InChI is InChI=1S/C12H19BO3/c1-11(15-2)7-6-10-16-13(14)12-8-4-3-5-9-12/h3-5,8-9,11,14H,6-7,10H2,1-2H3. The van der Waals surface area contributed by atoms with Crippen LogP contribution in [0.1, 0.15) is 19.8 Å². The fraction of sp³-hybridized carbons (Fsp3) is 0.500. The summed E-state index contributed by atoms with van der Waals surface area (Å²) in [6.45, 7) is 2.57. The van der Waals surface area contributed by atoms with Crippen LogP contribution in [0, 0.1) is 0 Å². The van der Waals surface area contributed by atoms with E-state index in [9.17, 15) is 5.02 Å². The molecule has 4 heteroatoms. The van der Waals surface area contributed by atoms with Crippen LogP contribution in [0.5, 0.6) is 0 Å². The smallest absolute Gasteiger partial charge is 0.423 e. The van der Waals surface area contributed by atoms with Crippen molar-refractivity contribution < 1.29 is 14.4 Å². The molecule has 0 aromatic heterocycles. The van der Waals surface area contributed by atoms with Crippen molar-refractivity contribution in [2.24, 2.45) is 0 Å². The van der Waals surface area contributed by atoms with Gasteiger partial charge in [-0.15, -0.1) is 0 Å². The zero-order valence-electron chi connectivity index (χ0n) is 9.93. The Morgan fingerprint density at radius 3 is 2.62 bits per heavy atom. The van der Waals surface area contributed by atoms with E-state index in [2.05, 4.69) is 0 Å². The van der Waals surface area contributed by atoms with E-state index in [4.69, 9.17) is 9.39 Å². The first-order chi connectivity index (χ1) is 7.74. The minimum Gasteiger partial charge on any atom is -0.423 e. The Hall–Kier alpha value is -0.835. The number of hydrogen-bond acceptors (Lipinski definition) is 3. The first kappa shape index (κ1) is 13.2. The minimum atomic E-state index is -0.820. The Bertz CT molecular complexity index is 279. The van der Waals surface area contributed by atoms with E-state index < -0.39 is 7.12 Å². The third kappa shape index (κ3) is 4.79. The van der Waals surface area contributed by atoms with Crippen LogP contribution in [0.4, 0.5) is 0 Å². The van der Waals surface area contributed by atoms with Gasteiger partial charge >= 0.3 is 7.12 Å². The number of rotatable bonds is 7. The molecular weight excluding hydrogens is 203 g/mol. The van der Waals surface area contributed by atoms with Gasteiger partial charge in [-0.2, -0.15) is 0 Å². The van der Waals surface area contributed by atoms with Gasteiger partial charge in [0.25, 0.3) is 0 Å². The Morgan fingerprint density at radius 2 is 2.00 bits per heavy atom. The van der Waals surface area contributed by atoms with Crippen molar-refractivity contribution in [2.45, 2.75) is 25.9 Å². The molecule has 0 bridgehead atoms. The van der Waals surface area contributed by atoms with Gasteiger partial charge in [-0.25, -0.2) is 0 Å². The van der Waals surface area contributed by atoms with E-state index >= 15 is 0 Å². The lowest BCUT2D eigenvalue weighted by Gasteiger charge is -2.11. The predicted octanol–water partition coefficient (Wildman–Crippen LogP) is 1.21. The highest BCUT2D eigenvalue weighted by atomic mass is 16.5. The summed E-state index contributed by atoms with van der Waals surface area (Å²) < 4.78 is 10.4. The monoisotopic (exact) mass is 222 g/mol. The fourth-order valence-electron chi connectivity index (χ4n) is 1.40. The maximum atomic E-state index is 9.69. The van der Waals surface area contributed by atoms with Gasteiger partial charge in [0.05, 0.1) is 6.10 Å². The van der Waals surface area contributed by atoms with Crippen LogP contribution >= 0.6 is 0 Å². The van der Waals surface area contributed by atoms with Crippen molar-refractivity contribution in [3.63, 3.8) is 0 Å². The lowest BCUT2D eigenvalue weighted by molar-refractivity contribution is 0.103. The van der Waals surface area contributed by atoms with Crippen LogP contribution < -0.4 is 5.46 Å². The molecule has 0 spiro atoms. The van der Waals surface area contributed by atoms with Crippen LogP contribution in [-0.2, 0) is 9.39 Å². The van der Waals surface area contributed by atoms with Crippen LogP contribution in [0.15, 0.2) is 30.3 Å². The molecule has 3 nitrogen and oxygen atoms in total. The molecule has 0 aliphatic rings. The Morgan fingerprint density at radius 1 is 1.31 bits per heavy atom.